The summed E-state index contributed by atoms with van der Waals surface area (Å²) in [6, 6.07) is 0. The van der Waals surface area contributed by atoms with Crippen molar-refractivity contribution >= 4 is 17.3 Å². The Bertz CT molecular complexity index is 364. The number of thiazole rings is 1. The van der Waals surface area contributed by atoms with Gasteiger partial charge in [-0.2, -0.15) is 0 Å². The fourth-order valence-corrected chi connectivity index (χ4v) is 2.78. The highest BCUT2D eigenvalue weighted by atomic mass is 32.1. The van der Waals surface area contributed by atoms with E-state index in [1.54, 1.807) is 0 Å². The molecule has 0 radical (unpaired) electrons. The minimum Gasteiger partial charge on any atom is -0.477 e. The molecule has 0 aromatic carbocycles. The highest BCUT2D eigenvalue weighted by Crippen LogP contribution is 2.29. The van der Waals surface area contributed by atoms with Gasteiger partial charge in [-0.1, -0.05) is 6.92 Å². The van der Waals surface area contributed by atoms with Crippen LogP contribution in [0.3, 0.4) is 0 Å². The third-order valence-electron chi connectivity index (χ3n) is 2.80. The van der Waals surface area contributed by atoms with Crippen LogP contribution in [0.1, 0.15) is 33.9 Å². The molecule has 1 aliphatic heterocycles. The molecular weight excluding hydrogens is 212 g/mol. The smallest absolute Gasteiger partial charge is 0.347 e. The van der Waals surface area contributed by atoms with Crippen molar-refractivity contribution in [3.63, 3.8) is 0 Å². The second kappa shape index (κ2) is 4.28. The van der Waals surface area contributed by atoms with Gasteiger partial charge in [-0.05, 0) is 19.5 Å². The number of hydrogen-bond donors (Lipinski definition) is 1. The first-order valence-electron chi connectivity index (χ1n) is 5.12. The van der Waals surface area contributed by atoms with Gasteiger partial charge in [-0.15, -0.1) is 11.3 Å². The normalized spacial score (nSPS) is 22.1. The summed E-state index contributed by atoms with van der Waals surface area (Å²) >= 11 is 1.31. The molecular formula is C10H14N2O2S. The Hall–Kier alpha value is -0.940. The number of hydrogen-bond acceptors (Lipinski definition) is 4. The maximum Gasteiger partial charge on any atom is 0.347 e. The van der Waals surface area contributed by atoms with E-state index < -0.39 is 5.97 Å². The number of aromatic carboxylic acids is 1. The van der Waals surface area contributed by atoms with Gasteiger partial charge in [0.1, 0.15) is 4.88 Å². The lowest BCUT2D eigenvalue weighted by Crippen LogP contribution is -2.19. The van der Waals surface area contributed by atoms with Crippen LogP contribution in [0.15, 0.2) is 6.20 Å². The quantitative estimate of drug-likeness (QED) is 0.851. The summed E-state index contributed by atoms with van der Waals surface area (Å²) in [5, 5.41) is 9.77. The summed E-state index contributed by atoms with van der Waals surface area (Å²) in [6.45, 7) is 5.33. The van der Waals surface area contributed by atoms with Crippen molar-refractivity contribution in [1.82, 2.24) is 9.88 Å². The summed E-state index contributed by atoms with van der Waals surface area (Å²) in [6.07, 6.45) is 2.57. The second-order valence-corrected chi connectivity index (χ2v) is 4.81. The molecule has 4 nitrogen and oxygen atoms in total. The van der Waals surface area contributed by atoms with Gasteiger partial charge in [0, 0.05) is 12.5 Å². The van der Waals surface area contributed by atoms with E-state index in [9.17, 15) is 4.79 Å². The Morgan fingerprint density at radius 1 is 1.80 bits per heavy atom. The zero-order chi connectivity index (χ0) is 10.8. The van der Waals surface area contributed by atoms with Crippen LogP contribution in [0.5, 0.6) is 0 Å². The Labute approximate surface area is 92.6 Å². The molecule has 0 bridgehead atoms. The van der Waals surface area contributed by atoms with Gasteiger partial charge in [0.15, 0.2) is 0 Å². The Morgan fingerprint density at radius 3 is 3.13 bits per heavy atom. The Balaban J connectivity index is 2.07. The summed E-state index contributed by atoms with van der Waals surface area (Å²) in [4.78, 5) is 17.6. The van der Waals surface area contributed by atoms with E-state index in [4.69, 9.17) is 5.11 Å². The summed E-state index contributed by atoms with van der Waals surface area (Å²) < 4.78 is 0. The van der Waals surface area contributed by atoms with Gasteiger partial charge >= 0.3 is 5.97 Å². The molecule has 1 aliphatic rings. The lowest BCUT2D eigenvalue weighted by molar-refractivity contribution is 0.0702. The molecule has 0 aliphatic carbocycles. The molecule has 0 spiro atoms. The van der Waals surface area contributed by atoms with Gasteiger partial charge in [-0.25, -0.2) is 9.78 Å². The molecule has 1 atom stereocenters. The molecule has 1 fully saturated rings. The van der Waals surface area contributed by atoms with E-state index in [0.717, 1.165) is 31.1 Å². The number of likely N-dealkylation sites (tertiary alicyclic amines) is 1. The van der Waals surface area contributed by atoms with Crippen molar-refractivity contribution in [1.29, 1.82) is 0 Å². The SMILES string of the molecule is CCN1CCC(c2ncc(C(=O)O)s2)C1. The van der Waals surface area contributed by atoms with E-state index >= 15 is 0 Å². The monoisotopic (exact) mass is 226 g/mol. The average molecular weight is 226 g/mol. The fraction of sp³-hybridized carbons (Fsp3) is 0.600. The largest absolute Gasteiger partial charge is 0.477 e. The summed E-state index contributed by atoms with van der Waals surface area (Å²) in [7, 11) is 0. The van der Waals surface area contributed by atoms with Crippen molar-refractivity contribution in [2.24, 2.45) is 0 Å². The fourth-order valence-electron chi connectivity index (χ4n) is 1.90. The third-order valence-corrected chi connectivity index (χ3v) is 3.95. The van der Waals surface area contributed by atoms with Crippen LogP contribution in [-0.2, 0) is 0 Å². The van der Waals surface area contributed by atoms with Crippen molar-refractivity contribution in [3.8, 4) is 0 Å². The molecule has 2 heterocycles. The number of aromatic nitrogens is 1. The van der Waals surface area contributed by atoms with Crippen LogP contribution < -0.4 is 0 Å². The number of rotatable bonds is 3. The molecule has 5 heteroatoms. The van der Waals surface area contributed by atoms with E-state index in [0.29, 0.717) is 10.8 Å². The molecule has 1 aromatic rings. The van der Waals surface area contributed by atoms with Gasteiger partial charge < -0.3 is 10.0 Å². The van der Waals surface area contributed by atoms with E-state index in [-0.39, 0.29) is 0 Å². The standard InChI is InChI=1S/C10H14N2O2S/c1-2-12-4-3-7(6-12)9-11-5-8(15-9)10(13)14/h5,7H,2-4,6H2,1H3,(H,13,14). The van der Waals surface area contributed by atoms with Crippen LogP contribution in [-0.4, -0.2) is 40.6 Å². The molecule has 1 aromatic heterocycles. The zero-order valence-corrected chi connectivity index (χ0v) is 9.46. The maximum atomic E-state index is 10.7. The van der Waals surface area contributed by atoms with Crippen LogP contribution >= 0.6 is 11.3 Å². The minimum atomic E-state index is -0.871. The molecule has 15 heavy (non-hydrogen) atoms. The van der Waals surface area contributed by atoms with Crippen molar-refractivity contribution in [2.75, 3.05) is 19.6 Å². The molecule has 0 saturated carbocycles. The highest BCUT2D eigenvalue weighted by Gasteiger charge is 2.25. The average Bonchev–Trinajstić information content (AvgIpc) is 2.86. The van der Waals surface area contributed by atoms with Crippen molar-refractivity contribution in [3.05, 3.63) is 16.1 Å². The Morgan fingerprint density at radius 2 is 2.60 bits per heavy atom. The molecule has 1 saturated heterocycles. The minimum absolute atomic E-state index is 0.347. The van der Waals surface area contributed by atoms with Crippen molar-refractivity contribution < 1.29 is 9.90 Å². The zero-order valence-electron chi connectivity index (χ0n) is 8.64. The number of likely N-dealkylation sites (N-methyl/N-ethyl adjacent to an activating group) is 1. The predicted molar refractivity (Wildman–Crippen MR) is 58.5 cm³/mol. The van der Waals surface area contributed by atoms with Gasteiger partial charge in [0.2, 0.25) is 0 Å². The van der Waals surface area contributed by atoms with Gasteiger partial charge in [0.25, 0.3) is 0 Å². The second-order valence-electron chi connectivity index (χ2n) is 3.75. The Kier molecular flexibility index (Phi) is 3.02. The summed E-state index contributed by atoms with van der Waals surface area (Å²) in [5.74, 6) is -0.438. The maximum absolute atomic E-state index is 10.7. The molecule has 2 rings (SSSR count). The van der Waals surface area contributed by atoms with Crippen LogP contribution in [0.2, 0.25) is 0 Å². The van der Waals surface area contributed by atoms with Crippen LogP contribution in [0.4, 0.5) is 0 Å². The highest BCUT2D eigenvalue weighted by molar-refractivity contribution is 7.13. The van der Waals surface area contributed by atoms with E-state index in [1.807, 2.05) is 0 Å². The first kappa shape index (κ1) is 10.6. The molecule has 0 amide bonds. The lowest BCUT2D eigenvalue weighted by atomic mass is 10.1. The first-order chi connectivity index (χ1) is 7.20. The van der Waals surface area contributed by atoms with E-state index in [1.165, 1.54) is 17.5 Å². The van der Waals surface area contributed by atoms with Gasteiger partial charge in [-0.3, -0.25) is 0 Å². The van der Waals surface area contributed by atoms with Crippen molar-refractivity contribution in [2.45, 2.75) is 19.3 Å². The number of carboxylic acids is 1. The lowest BCUT2D eigenvalue weighted by Gasteiger charge is -2.11. The predicted octanol–water partition coefficient (Wildman–Crippen LogP) is 1.65. The van der Waals surface area contributed by atoms with Gasteiger partial charge in [0.05, 0.1) is 11.2 Å². The molecule has 1 unspecified atom stereocenters. The van der Waals surface area contributed by atoms with Crippen LogP contribution in [0.25, 0.3) is 0 Å². The van der Waals surface area contributed by atoms with E-state index in [2.05, 4.69) is 16.8 Å². The van der Waals surface area contributed by atoms with Crippen LogP contribution in [0, 0.1) is 0 Å². The number of carbonyl (C=O) groups is 1. The topological polar surface area (TPSA) is 53.4 Å². The number of nitrogens with zero attached hydrogens (tertiary/aromatic N) is 2. The first-order valence-corrected chi connectivity index (χ1v) is 5.93. The summed E-state index contributed by atoms with van der Waals surface area (Å²) in [5.41, 5.74) is 0. The third kappa shape index (κ3) is 2.18. The molecule has 1 N–H and O–H groups in total. The molecule has 82 valence electrons. The number of carboxylic acid groups (broad SMARTS) is 1.